The lowest BCUT2D eigenvalue weighted by Crippen LogP contribution is -2.54. The van der Waals surface area contributed by atoms with Crippen molar-refractivity contribution in [3.8, 4) is 22.6 Å². The van der Waals surface area contributed by atoms with Crippen LogP contribution in [0.1, 0.15) is 41.2 Å². The van der Waals surface area contributed by atoms with E-state index in [4.69, 9.17) is 18.9 Å². The summed E-state index contributed by atoms with van der Waals surface area (Å²) in [7, 11) is 0. The van der Waals surface area contributed by atoms with Gasteiger partial charge < -0.3 is 24.1 Å². The number of benzene rings is 4. The number of aryl methyl sites for hydroxylation is 2. The molecule has 2 unspecified atom stereocenters. The summed E-state index contributed by atoms with van der Waals surface area (Å²) in [5.74, 6) is 0.362. The first-order valence-electron chi connectivity index (χ1n) is 16.6. The van der Waals surface area contributed by atoms with Crippen molar-refractivity contribution in [3.05, 3.63) is 119 Å². The predicted molar refractivity (Wildman–Crippen MR) is 183 cm³/mol. The monoisotopic (exact) mass is 635 g/mol. The van der Waals surface area contributed by atoms with Crippen molar-refractivity contribution in [1.29, 1.82) is 0 Å². The number of hydrogen-bond donors (Lipinski definition) is 1. The third-order valence-electron chi connectivity index (χ3n) is 9.56. The van der Waals surface area contributed by atoms with E-state index < -0.39 is 17.3 Å². The topological polar surface area (TPSA) is 77.5 Å². The molecule has 2 fully saturated rings. The molecule has 0 aliphatic carbocycles. The minimum atomic E-state index is -0.774. The van der Waals surface area contributed by atoms with Gasteiger partial charge in [0.05, 0.1) is 31.2 Å². The van der Waals surface area contributed by atoms with Crippen molar-refractivity contribution in [1.82, 2.24) is 4.90 Å². The minimum absolute atomic E-state index is 0.0342. The largest absolute Gasteiger partial charge is 0.491 e. The number of rotatable bonds is 13. The molecule has 47 heavy (non-hydrogen) atoms. The molecule has 0 spiro atoms. The fourth-order valence-corrected chi connectivity index (χ4v) is 7.08. The Morgan fingerprint density at radius 3 is 2.30 bits per heavy atom. The summed E-state index contributed by atoms with van der Waals surface area (Å²) in [6.07, 6.45) is 0.596. The smallest absolute Gasteiger partial charge is 0.307 e. The quantitative estimate of drug-likeness (QED) is 0.166. The Bertz CT molecular complexity index is 1630. The van der Waals surface area contributed by atoms with Gasteiger partial charge in [0.2, 0.25) is 0 Å². The second-order valence-corrected chi connectivity index (χ2v) is 12.9. The molecule has 0 amide bonds. The summed E-state index contributed by atoms with van der Waals surface area (Å²) in [4.78, 5) is 14.3. The third-order valence-corrected chi connectivity index (χ3v) is 9.56. The fraction of sp³-hybridized carbons (Fsp3) is 0.375. The van der Waals surface area contributed by atoms with Crippen LogP contribution in [0.2, 0.25) is 0 Å². The second-order valence-electron chi connectivity index (χ2n) is 12.9. The Labute approximate surface area is 278 Å². The van der Waals surface area contributed by atoms with Crippen LogP contribution in [0.15, 0.2) is 91.0 Å². The van der Waals surface area contributed by atoms with Gasteiger partial charge in [-0.05, 0) is 89.5 Å². The van der Waals surface area contributed by atoms with E-state index in [0.29, 0.717) is 39.5 Å². The number of hydrogen-bond acceptors (Lipinski definition) is 6. The molecular formula is C40H45NO6. The Balaban J connectivity index is 1.06. The van der Waals surface area contributed by atoms with Crippen molar-refractivity contribution in [3.63, 3.8) is 0 Å². The molecule has 246 valence electrons. The van der Waals surface area contributed by atoms with Crippen molar-refractivity contribution >= 4 is 5.97 Å². The van der Waals surface area contributed by atoms with Crippen LogP contribution in [0, 0.1) is 19.8 Å². The normalized spacial score (nSPS) is 18.2. The van der Waals surface area contributed by atoms with Crippen LogP contribution >= 0.6 is 0 Å². The number of morpholine rings is 1. The molecule has 4 aromatic rings. The molecule has 2 aliphatic rings. The zero-order chi connectivity index (χ0) is 32.8. The van der Waals surface area contributed by atoms with E-state index in [1.54, 1.807) is 0 Å². The van der Waals surface area contributed by atoms with Gasteiger partial charge in [-0.1, -0.05) is 67.6 Å². The van der Waals surface area contributed by atoms with Crippen LogP contribution in [-0.4, -0.2) is 61.6 Å². The Hall–Kier alpha value is -4.17. The minimum Gasteiger partial charge on any atom is -0.491 e. The molecule has 7 nitrogen and oxygen atoms in total. The molecule has 4 aromatic carbocycles. The summed E-state index contributed by atoms with van der Waals surface area (Å²) in [6, 6.07) is 31.1. The highest BCUT2D eigenvalue weighted by Gasteiger charge is 2.49. The molecule has 2 saturated heterocycles. The highest BCUT2D eigenvalue weighted by Crippen LogP contribution is 2.42. The van der Waals surface area contributed by atoms with Gasteiger partial charge in [0.15, 0.2) is 0 Å². The number of carboxylic acids is 1. The number of carbonyl (C=O) groups is 1. The van der Waals surface area contributed by atoms with Gasteiger partial charge in [-0.3, -0.25) is 9.69 Å². The van der Waals surface area contributed by atoms with Gasteiger partial charge in [-0.2, -0.15) is 0 Å². The highest BCUT2D eigenvalue weighted by atomic mass is 16.5. The summed E-state index contributed by atoms with van der Waals surface area (Å²) in [6.45, 7) is 11.4. The number of aliphatic carboxylic acids is 1. The van der Waals surface area contributed by atoms with Gasteiger partial charge in [-0.15, -0.1) is 0 Å². The van der Waals surface area contributed by atoms with E-state index in [9.17, 15) is 9.90 Å². The second kappa shape index (κ2) is 14.7. The highest BCUT2D eigenvalue weighted by molar-refractivity contribution is 5.73. The van der Waals surface area contributed by atoms with E-state index in [0.717, 1.165) is 59.0 Å². The van der Waals surface area contributed by atoms with Gasteiger partial charge >= 0.3 is 5.97 Å². The zero-order valence-corrected chi connectivity index (χ0v) is 27.6. The lowest BCUT2D eigenvalue weighted by atomic mass is 9.67. The summed E-state index contributed by atoms with van der Waals surface area (Å²) in [5, 5.41) is 9.78. The van der Waals surface area contributed by atoms with Crippen molar-refractivity contribution in [2.75, 3.05) is 39.5 Å². The molecule has 2 aliphatic heterocycles. The molecule has 1 N–H and O–H groups in total. The Kier molecular flexibility index (Phi) is 10.3. The SMILES string of the molecule is CCC(C(=O)O)C1(c2ccc(OCc3cccc(-c4c(C)cc(OCC5CN(Cc6ccccc6)CCO5)cc4C)c3)cc2)COC1. The first kappa shape index (κ1) is 32.8. The van der Waals surface area contributed by atoms with Crippen molar-refractivity contribution in [2.24, 2.45) is 5.92 Å². The van der Waals surface area contributed by atoms with E-state index in [2.05, 4.69) is 85.5 Å². The van der Waals surface area contributed by atoms with Crippen LogP contribution in [0.4, 0.5) is 0 Å². The van der Waals surface area contributed by atoms with Crippen LogP contribution < -0.4 is 9.47 Å². The molecule has 2 heterocycles. The molecule has 7 heteroatoms. The number of ether oxygens (including phenoxy) is 4. The van der Waals surface area contributed by atoms with Crippen LogP contribution in [-0.2, 0) is 32.8 Å². The molecule has 6 rings (SSSR count). The zero-order valence-electron chi connectivity index (χ0n) is 27.6. The van der Waals surface area contributed by atoms with Gasteiger partial charge in [0.25, 0.3) is 0 Å². The lowest BCUT2D eigenvalue weighted by Gasteiger charge is -2.45. The first-order valence-corrected chi connectivity index (χ1v) is 16.6. The Morgan fingerprint density at radius 2 is 1.64 bits per heavy atom. The maximum atomic E-state index is 11.9. The molecule has 0 saturated carbocycles. The van der Waals surface area contributed by atoms with Crippen LogP contribution in [0.5, 0.6) is 11.5 Å². The summed E-state index contributed by atoms with van der Waals surface area (Å²) < 4.78 is 24.0. The standard InChI is InChI=1S/C40H45NO6/c1-4-37(39(42)43)40(26-44-27-40)33-13-15-34(16-14-33)46-24-31-11-8-12-32(21-31)38-28(2)19-35(20-29(38)3)47-25-36-23-41(17-18-45-36)22-30-9-6-5-7-10-30/h5-16,19-21,36-37H,4,17-18,22-27H2,1-3H3,(H,42,43). The summed E-state index contributed by atoms with van der Waals surface area (Å²) >= 11 is 0. The van der Waals surface area contributed by atoms with Crippen LogP contribution in [0.25, 0.3) is 11.1 Å². The fourth-order valence-electron chi connectivity index (χ4n) is 7.08. The number of carboxylic acid groups (broad SMARTS) is 1. The van der Waals surface area contributed by atoms with E-state index in [1.165, 1.54) is 11.1 Å². The average Bonchev–Trinajstić information content (AvgIpc) is 3.05. The maximum absolute atomic E-state index is 11.9. The van der Waals surface area contributed by atoms with E-state index in [-0.39, 0.29) is 6.10 Å². The molecule has 0 bridgehead atoms. The van der Waals surface area contributed by atoms with Gasteiger partial charge in [0.1, 0.15) is 30.8 Å². The van der Waals surface area contributed by atoms with Gasteiger partial charge in [0, 0.05) is 19.6 Å². The third kappa shape index (κ3) is 7.54. The van der Waals surface area contributed by atoms with Gasteiger partial charge in [-0.25, -0.2) is 0 Å². The average molecular weight is 636 g/mol. The lowest BCUT2D eigenvalue weighted by molar-refractivity contribution is -0.157. The Morgan fingerprint density at radius 1 is 0.915 bits per heavy atom. The summed E-state index contributed by atoms with van der Waals surface area (Å²) in [5.41, 5.74) is 7.55. The van der Waals surface area contributed by atoms with Crippen LogP contribution in [0.3, 0.4) is 0 Å². The molecular weight excluding hydrogens is 590 g/mol. The maximum Gasteiger partial charge on any atom is 0.307 e. The molecule has 0 radical (unpaired) electrons. The van der Waals surface area contributed by atoms with Crippen molar-refractivity contribution in [2.45, 2.75) is 51.9 Å². The van der Waals surface area contributed by atoms with E-state index >= 15 is 0 Å². The number of nitrogens with zero attached hydrogens (tertiary/aromatic N) is 1. The predicted octanol–water partition coefficient (Wildman–Crippen LogP) is 7.21. The first-order chi connectivity index (χ1) is 22.8. The molecule has 0 aromatic heterocycles. The van der Waals surface area contributed by atoms with Crippen molar-refractivity contribution < 1.29 is 28.8 Å². The molecule has 2 atom stereocenters. The van der Waals surface area contributed by atoms with E-state index in [1.807, 2.05) is 31.2 Å².